The summed E-state index contributed by atoms with van der Waals surface area (Å²) in [5, 5.41) is 2.87. The van der Waals surface area contributed by atoms with Crippen LogP contribution in [-0.4, -0.2) is 20.9 Å². The van der Waals surface area contributed by atoms with Crippen molar-refractivity contribution in [2.75, 3.05) is 6.54 Å². The first kappa shape index (κ1) is 16.3. The SMILES string of the molecule is CC1(C)C(CNC(=O)c2cccc(S(=O)(=O)Cl)c2)C1(C)C. The van der Waals surface area contributed by atoms with Crippen molar-refractivity contribution >= 4 is 25.6 Å². The van der Waals surface area contributed by atoms with Crippen LogP contribution in [0.3, 0.4) is 0 Å². The molecule has 116 valence electrons. The third-order valence-corrected chi connectivity index (χ3v) is 6.52. The Bertz CT molecular complexity index is 666. The summed E-state index contributed by atoms with van der Waals surface area (Å²) in [5.41, 5.74) is 0.691. The molecule has 0 spiro atoms. The molecule has 0 aliphatic heterocycles. The molecule has 1 aliphatic carbocycles. The topological polar surface area (TPSA) is 63.2 Å². The summed E-state index contributed by atoms with van der Waals surface area (Å²) in [5.74, 6) is 0.129. The van der Waals surface area contributed by atoms with Gasteiger partial charge in [0.15, 0.2) is 0 Å². The molecule has 0 aromatic heterocycles. The number of benzene rings is 1. The molecular weight excluding hydrogens is 310 g/mol. The minimum Gasteiger partial charge on any atom is -0.352 e. The lowest BCUT2D eigenvalue weighted by Crippen LogP contribution is -2.27. The Morgan fingerprint density at radius 2 is 1.81 bits per heavy atom. The molecule has 0 heterocycles. The molecule has 1 amide bonds. The molecule has 0 bridgehead atoms. The lowest BCUT2D eigenvalue weighted by atomic mass is 10.0. The van der Waals surface area contributed by atoms with E-state index in [9.17, 15) is 13.2 Å². The van der Waals surface area contributed by atoms with E-state index >= 15 is 0 Å². The molecular formula is C15H20ClNO3S. The van der Waals surface area contributed by atoms with E-state index < -0.39 is 9.05 Å². The van der Waals surface area contributed by atoms with Crippen molar-refractivity contribution in [1.82, 2.24) is 5.32 Å². The van der Waals surface area contributed by atoms with Crippen LogP contribution in [-0.2, 0) is 9.05 Å². The van der Waals surface area contributed by atoms with Gasteiger partial charge in [0.2, 0.25) is 0 Å². The number of carbonyl (C=O) groups is 1. The van der Waals surface area contributed by atoms with Gasteiger partial charge in [0.1, 0.15) is 0 Å². The molecule has 1 N–H and O–H groups in total. The van der Waals surface area contributed by atoms with Crippen molar-refractivity contribution in [1.29, 1.82) is 0 Å². The lowest BCUT2D eigenvalue weighted by molar-refractivity contribution is 0.0949. The van der Waals surface area contributed by atoms with Crippen molar-refractivity contribution in [3.63, 3.8) is 0 Å². The zero-order valence-electron chi connectivity index (χ0n) is 12.6. The maximum absolute atomic E-state index is 12.1. The van der Waals surface area contributed by atoms with Gasteiger partial charge in [-0.2, -0.15) is 0 Å². The first-order valence-electron chi connectivity index (χ1n) is 6.81. The van der Waals surface area contributed by atoms with Crippen LogP contribution < -0.4 is 5.32 Å². The van der Waals surface area contributed by atoms with Gasteiger partial charge in [0.05, 0.1) is 4.90 Å². The van der Waals surface area contributed by atoms with E-state index in [1.807, 2.05) is 0 Å². The van der Waals surface area contributed by atoms with Gasteiger partial charge in [-0.25, -0.2) is 8.42 Å². The summed E-state index contributed by atoms with van der Waals surface area (Å²) in [6.07, 6.45) is 0. The third-order valence-electron chi connectivity index (χ3n) is 5.16. The molecule has 1 aromatic rings. The van der Waals surface area contributed by atoms with Crippen molar-refractivity contribution in [2.45, 2.75) is 32.6 Å². The highest BCUT2D eigenvalue weighted by atomic mass is 35.7. The molecule has 0 atom stereocenters. The minimum atomic E-state index is -3.82. The first-order chi connectivity index (χ1) is 9.48. The van der Waals surface area contributed by atoms with E-state index in [4.69, 9.17) is 10.7 Å². The summed E-state index contributed by atoms with van der Waals surface area (Å²) < 4.78 is 22.6. The summed E-state index contributed by atoms with van der Waals surface area (Å²) in [7, 11) is 1.47. The molecule has 0 radical (unpaired) electrons. The predicted molar refractivity (Wildman–Crippen MR) is 82.9 cm³/mol. The molecule has 1 aromatic carbocycles. The average molecular weight is 330 g/mol. The van der Waals surface area contributed by atoms with Crippen LogP contribution in [0.1, 0.15) is 38.1 Å². The number of rotatable bonds is 4. The van der Waals surface area contributed by atoms with Gasteiger partial charge in [-0.1, -0.05) is 33.8 Å². The van der Waals surface area contributed by atoms with Crippen LogP contribution in [0.4, 0.5) is 0 Å². The van der Waals surface area contributed by atoms with Crippen LogP contribution in [0, 0.1) is 16.7 Å². The van der Waals surface area contributed by atoms with Crippen LogP contribution in [0.5, 0.6) is 0 Å². The van der Waals surface area contributed by atoms with Gasteiger partial charge < -0.3 is 5.32 Å². The molecule has 1 saturated carbocycles. The Hall–Kier alpha value is -1.07. The number of carbonyl (C=O) groups excluding carboxylic acids is 1. The van der Waals surface area contributed by atoms with Crippen LogP contribution >= 0.6 is 10.7 Å². The fourth-order valence-corrected chi connectivity index (χ4v) is 3.73. The summed E-state index contributed by atoms with van der Waals surface area (Å²) in [6.45, 7) is 9.32. The van der Waals surface area contributed by atoms with Gasteiger partial charge in [-0.3, -0.25) is 4.79 Å². The van der Waals surface area contributed by atoms with E-state index in [2.05, 4.69) is 33.0 Å². The quantitative estimate of drug-likeness (QED) is 0.864. The van der Waals surface area contributed by atoms with Crippen LogP contribution in [0.25, 0.3) is 0 Å². The molecule has 0 saturated heterocycles. The zero-order valence-corrected chi connectivity index (χ0v) is 14.2. The molecule has 0 unspecified atom stereocenters. The Kier molecular flexibility index (Phi) is 3.87. The number of nitrogens with one attached hydrogen (secondary N) is 1. The normalized spacial score (nSPS) is 20.0. The molecule has 4 nitrogen and oxygen atoms in total. The summed E-state index contributed by atoms with van der Waals surface area (Å²) in [6, 6.07) is 5.74. The van der Waals surface area contributed by atoms with Crippen molar-refractivity contribution < 1.29 is 13.2 Å². The van der Waals surface area contributed by atoms with E-state index in [1.165, 1.54) is 18.2 Å². The Morgan fingerprint density at radius 3 is 2.29 bits per heavy atom. The summed E-state index contributed by atoms with van der Waals surface area (Å²) in [4.78, 5) is 12.1. The van der Waals surface area contributed by atoms with Gasteiger partial charge >= 0.3 is 0 Å². The third kappa shape index (κ3) is 2.94. The highest BCUT2D eigenvalue weighted by molar-refractivity contribution is 8.13. The van der Waals surface area contributed by atoms with E-state index in [1.54, 1.807) is 6.07 Å². The molecule has 2 rings (SSSR count). The Labute approximate surface area is 130 Å². The van der Waals surface area contributed by atoms with Crippen LogP contribution in [0.15, 0.2) is 29.2 Å². The van der Waals surface area contributed by atoms with Crippen LogP contribution in [0.2, 0.25) is 0 Å². The van der Waals surface area contributed by atoms with Gasteiger partial charge in [-0.15, -0.1) is 0 Å². The van der Waals surface area contributed by atoms with Gasteiger partial charge in [-0.05, 0) is 34.9 Å². The number of hydrogen-bond donors (Lipinski definition) is 1. The predicted octanol–water partition coefficient (Wildman–Crippen LogP) is 3.03. The highest BCUT2D eigenvalue weighted by Gasteiger charge is 2.64. The minimum absolute atomic E-state index is 0.0658. The molecule has 6 heteroatoms. The second-order valence-electron chi connectivity index (χ2n) is 6.67. The number of halogens is 1. The van der Waals surface area contributed by atoms with Crippen molar-refractivity contribution in [3.05, 3.63) is 29.8 Å². The van der Waals surface area contributed by atoms with Gasteiger partial charge in [0.25, 0.3) is 15.0 Å². The summed E-state index contributed by atoms with van der Waals surface area (Å²) >= 11 is 0. The van der Waals surface area contributed by atoms with E-state index in [0.717, 1.165) is 0 Å². The number of amides is 1. The second kappa shape index (κ2) is 4.99. The zero-order chi connectivity index (χ0) is 16.1. The fourth-order valence-electron chi connectivity index (χ4n) is 2.93. The monoisotopic (exact) mass is 329 g/mol. The fraction of sp³-hybridized carbons (Fsp3) is 0.533. The van der Waals surface area contributed by atoms with E-state index in [0.29, 0.717) is 18.0 Å². The van der Waals surface area contributed by atoms with E-state index in [-0.39, 0.29) is 21.6 Å². The number of hydrogen-bond acceptors (Lipinski definition) is 3. The molecule has 1 aliphatic rings. The largest absolute Gasteiger partial charge is 0.352 e. The van der Waals surface area contributed by atoms with Crippen molar-refractivity contribution in [3.8, 4) is 0 Å². The first-order valence-corrected chi connectivity index (χ1v) is 9.12. The maximum atomic E-state index is 12.1. The van der Waals surface area contributed by atoms with Crippen molar-refractivity contribution in [2.24, 2.45) is 16.7 Å². The Morgan fingerprint density at radius 1 is 1.24 bits per heavy atom. The maximum Gasteiger partial charge on any atom is 0.261 e. The highest BCUT2D eigenvalue weighted by Crippen LogP contribution is 2.67. The molecule has 21 heavy (non-hydrogen) atoms. The van der Waals surface area contributed by atoms with Gasteiger partial charge in [0, 0.05) is 22.8 Å². The smallest absolute Gasteiger partial charge is 0.261 e. The standard InChI is InChI=1S/C15H20ClNO3S/c1-14(2)12(15(14,3)4)9-17-13(18)10-6-5-7-11(8-10)21(16,19)20/h5-8,12H,9H2,1-4H3,(H,17,18). The lowest BCUT2D eigenvalue weighted by Gasteiger charge is -2.07. The molecule has 1 fully saturated rings. The second-order valence-corrected chi connectivity index (χ2v) is 9.24. The Balaban J connectivity index is 2.06. The average Bonchev–Trinajstić information content (AvgIpc) is 2.76.